The summed E-state index contributed by atoms with van der Waals surface area (Å²) >= 11 is 0. The molecule has 0 unspecified atom stereocenters. The summed E-state index contributed by atoms with van der Waals surface area (Å²) in [5.41, 5.74) is 5.85. The molecule has 6 heteroatoms. The van der Waals surface area contributed by atoms with Crippen LogP contribution in [0.15, 0.2) is 36.4 Å². The molecule has 2 aromatic carbocycles. The first-order valence-corrected chi connectivity index (χ1v) is 24.8. The smallest absolute Gasteiger partial charge is 0.319 e. The molecule has 0 aromatic heterocycles. The highest BCUT2D eigenvalue weighted by atomic mass is 16.2. The maximum absolute atomic E-state index is 12.6. The van der Waals surface area contributed by atoms with Crippen LogP contribution in [0.2, 0.25) is 0 Å². The van der Waals surface area contributed by atoms with Gasteiger partial charge in [0.1, 0.15) is 0 Å². The minimum absolute atomic E-state index is 0.142. The predicted octanol–water partition coefficient (Wildman–Crippen LogP) is 16.7. The van der Waals surface area contributed by atoms with Crippen molar-refractivity contribution in [1.29, 1.82) is 0 Å². The molecule has 0 aliphatic heterocycles. The maximum atomic E-state index is 12.6. The molecule has 0 aliphatic carbocycles. The second kappa shape index (κ2) is 35.9. The van der Waals surface area contributed by atoms with E-state index in [9.17, 15) is 9.59 Å². The van der Waals surface area contributed by atoms with Crippen LogP contribution >= 0.6 is 0 Å². The van der Waals surface area contributed by atoms with Gasteiger partial charge in [-0.3, -0.25) is 0 Å². The van der Waals surface area contributed by atoms with Crippen LogP contribution in [-0.2, 0) is 0 Å². The van der Waals surface area contributed by atoms with Crippen molar-refractivity contribution in [2.24, 2.45) is 0 Å². The summed E-state index contributed by atoms with van der Waals surface area (Å²) in [5.74, 6) is 0. The van der Waals surface area contributed by atoms with E-state index in [-0.39, 0.29) is 12.1 Å². The lowest BCUT2D eigenvalue weighted by Gasteiger charge is -2.14. The molecule has 2 rings (SSSR count). The summed E-state index contributed by atoms with van der Waals surface area (Å²) in [6.45, 7) is 10.0. The number of amides is 4. The van der Waals surface area contributed by atoms with Gasteiger partial charge in [0.15, 0.2) is 0 Å². The first-order valence-electron chi connectivity index (χ1n) is 24.8. The zero-order valence-corrected chi connectivity index (χ0v) is 38.3. The van der Waals surface area contributed by atoms with Crippen molar-refractivity contribution in [3.8, 4) is 11.1 Å². The number of hydrogen-bond acceptors (Lipinski definition) is 2. The van der Waals surface area contributed by atoms with E-state index in [0.29, 0.717) is 13.1 Å². The molecule has 0 atom stereocenters. The van der Waals surface area contributed by atoms with Gasteiger partial charge < -0.3 is 21.3 Å². The third-order valence-corrected chi connectivity index (χ3v) is 11.9. The largest absolute Gasteiger partial charge is 0.338 e. The third kappa shape index (κ3) is 26.9. The number of unbranched alkanes of at least 4 members (excludes halogenated alkanes) is 30. The monoisotopic (exact) mass is 803 g/mol. The number of nitrogens with one attached hydrogen (secondary N) is 4. The SMILES string of the molecule is CCCCCCCCCCCCCCCCCCNC(=O)Nc1ccc(-c2ccc(NC(=O)NCCCCCCCCCCCCCCCCCC)c(C)c2)cc1C. The minimum Gasteiger partial charge on any atom is -0.338 e. The number of carbonyl (C=O) groups excluding carboxylic acids is 2. The van der Waals surface area contributed by atoms with E-state index in [4.69, 9.17) is 0 Å². The fourth-order valence-corrected chi connectivity index (χ4v) is 8.05. The number of urea groups is 2. The van der Waals surface area contributed by atoms with Crippen LogP contribution in [0.25, 0.3) is 11.1 Å². The van der Waals surface area contributed by atoms with Crippen LogP contribution in [-0.4, -0.2) is 25.2 Å². The molecule has 0 bridgehead atoms. The van der Waals surface area contributed by atoms with Crippen LogP contribution in [0.4, 0.5) is 21.0 Å². The van der Waals surface area contributed by atoms with Gasteiger partial charge in [-0.1, -0.05) is 219 Å². The normalized spacial score (nSPS) is 11.2. The van der Waals surface area contributed by atoms with E-state index in [1.165, 1.54) is 193 Å². The van der Waals surface area contributed by atoms with Gasteiger partial charge in [-0.25, -0.2) is 9.59 Å². The Bertz CT molecular complexity index is 1210. The number of carbonyl (C=O) groups is 2. The van der Waals surface area contributed by atoms with Gasteiger partial charge in [0.05, 0.1) is 0 Å². The van der Waals surface area contributed by atoms with Gasteiger partial charge in [0, 0.05) is 24.5 Å². The molecule has 0 fully saturated rings. The number of aryl methyl sites for hydroxylation is 2. The topological polar surface area (TPSA) is 82.3 Å². The van der Waals surface area contributed by atoms with Crippen molar-refractivity contribution >= 4 is 23.4 Å². The van der Waals surface area contributed by atoms with E-state index in [1.54, 1.807) is 0 Å². The average molecular weight is 803 g/mol. The standard InChI is InChI=1S/C52H90N4O2/c1-5-7-9-11-13-15-17-19-21-23-25-27-29-31-33-35-41-53-51(57)55-49-39-37-47(43-45(49)3)48-38-40-50(46(4)44-48)56-52(58)54-42-36-34-32-30-28-26-24-22-20-18-16-14-12-10-8-6-2/h37-40,43-44H,5-36,41-42H2,1-4H3,(H2,53,55,57)(H2,54,56,58). The molecule has 4 amide bonds. The van der Waals surface area contributed by atoms with Gasteiger partial charge in [-0.2, -0.15) is 0 Å². The van der Waals surface area contributed by atoms with Crippen LogP contribution in [0.3, 0.4) is 0 Å². The van der Waals surface area contributed by atoms with Crippen molar-refractivity contribution in [2.45, 2.75) is 233 Å². The minimum atomic E-state index is -0.142. The Balaban J connectivity index is 1.50. The Morgan fingerprint density at radius 3 is 0.845 bits per heavy atom. The van der Waals surface area contributed by atoms with Gasteiger partial charge in [0.25, 0.3) is 0 Å². The third-order valence-electron chi connectivity index (χ3n) is 11.9. The van der Waals surface area contributed by atoms with Gasteiger partial charge in [-0.15, -0.1) is 0 Å². The molecule has 6 nitrogen and oxygen atoms in total. The second-order valence-electron chi connectivity index (χ2n) is 17.4. The summed E-state index contributed by atoms with van der Waals surface area (Å²) in [7, 11) is 0. The quantitative estimate of drug-likeness (QED) is 0.0513. The number of rotatable bonds is 37. The highest BCUT2D eigenvalue weighted by Crippen LogP contribution is 2.28. The Labute approximate surface area is 358 Å². The fourth-order valence-electron chi connectivity index (χ4n) is 8.05. The molecule has 330 valence electrons. The van der Waals surface area contributed by atoms with E-state index in [2.05, 4.69) is 47.2 Å². The van der Waals surface area contributed by atoms with Gasteiger partial charge in [-0.05, 0) is 73.2 Å². The molecule has 58 heavy (non-hydrogen) atoms. The summed E-state index contributed by atoms with van der Waals surface area (Å²) in [6.07, 6.45) is 43.1. The summed E-state index contributed by atoms with van der Waals surface area (Å²) in [4.78, 5) is 25.2. The summed E-state index contributed by atoms with van der Waals surface area (Å²) < 4.78 is 0. The zero-order chi connectivity index (χ0) is 41.7. The Kier molecular flexibility index (Phi) is 31.6. The highest BCUT2D eigenvalue weighted by molar-refractivity contribution is 5.91. The van der Waals surface area contributed by atoms with Crippen molar-refractivity contribution in [3.63, 3.8) is 0 Å². The van der Waals surface area contributed by atoms with Crippen LogP contribution in [0, 0.1) is 13.8 Å². The van der Waals surface area contributed by atoms with Gasteiger partial charge >= 0.3 is 12.1 Å². The Morgan fingerprint density at radius 1 is 0.362 bits per heavy atom. The van der Waals surface area contributed by atoms with E-state index in [1.807, 2.05) is 38.1 Å². The first kappa shape index (κ1) is 51.1. The van der Waals surface area contributed by atoms with Crippen molar-refractivity contribution in [1.82, 2.24) is 10.6 Å². The number of anilines is 2. The first-order chi connectivity index (χ1) is 28.4. The molecule has 0 spiro atoms. The molecule has 0 aliphatic rings. The van der Waals surface area contributed by atoms with Gasteiger partial charge in [0.2, 0.25) is 0 Å². The predicted molar refractivity (Wildman–Crippen MR) is 254 cm³/mol. The molecular weight excluding hydrogens is 713 g/mol. The lowest BCUT2D eigenvalue weighted by Crippen LogP contribution is -2.29. The second-order valence-corrected chi connectivity index (χ2v) is 17.4. The molecule has 0 heterocycles. The van der Waals surface area contributed by atoms with Crippen molar-refractivity contribution in [3.05, 3.63) is 47.5 Å². The van der Waals surface area contributed by atoms with Crippen molar-refractivity contribution in [2.75, 3.05) is 23.7 Å². The van der Waals surface area contributed by atoms with E-state index in [0.717, 1.165) is 46.5 Å². The molecular formula is C52H90N4O2. The Morgan fingerprint density at radius 2 is 0.603 bits per heavy atom. The Hall–Kier alpha value is -3.02. The molecule has 4 N–H and O–H groups in total. The average Bonchev–Trinajstić information content (AvgIpc) is 3.21. The fraction of sp³-hybridized carbons (Fsp3) is 0.731. The van der Waals surface area contributed by atoms with Crippen LogP contribution in [0.5, 0.6) is 0 Å². The summed E-state index contributed by atoms with van der Waals surface area (Å²) in [6, 6.07) is 12.0. The number of benzene rings is 2. The molecule has 2 aromatic rings. The summed E-state index contributed by atoms with van der Waals surface area (Å²) in [5, 5.41) is 12.1. The lowest BCUT2D eigenvalue weighted by molar-refractivity contribution is 0.251. The van der Waals surface area contributed by atoms with E-state index >= 15 is 0 Å². The van der Waals surface area contributed by atoms with Crippen molar-refractivity contribution < 1.29 is 9.59 Å². The lowest BCUT2D eigenvalue weighted by atomic mass is 10.00. The van der Waals surface area contributed by atoms with Crippen LogP contribution < -0.4 is 21.3 Å². The van der Waals surface area contributed by atoms with Crippen LogP contribution in [0.1, 0.15) is 230 Å². The highest BCUT2D eigenvalue weighted by Gasteiger charge is 2.09. The van der Waals surface area contributed by atoms with E-state index < -0.39 is 0 Å². The maximum Gasteiger partial charge on any atom is 0.319 e. The molecule has 0 saturated heterocycles. The zero-order valence-electron chi connectivity index (χ0n) is 38.3. The molecule has 0 saturated carbocycles. The number of hydrogen-bond donors (Lipinski definition) is 4. The molecule has 0 radical (unpaired) electrons.